The van der Waals surface area contributed by atoms with Crippen molar-refractivity contribution in [2.75, 3.05) is 18.8 Å². The second kappa shape index (κ2) is 7.81. The molecule has 0 radical (unpaired) electrons. The normalized spacial score (nSPS) is 16.2. The Hall–Kier alpha value is -2.78. The van der Waals surface area contributed by atoms with Gasteiger partial charge in [-0.1, -0.05) is 12.1 Å². The summed E-state index contributed by atoms with van der Waals surface area (Å²) in [5.41, 5.74) is 7.60. The topological polar surface area (TPSA) is 107 Å². The maximum absolute atomic E-state index is 14.1. The highest BCUT2D eigenvalue weighted by atomic mass is 32.2. The third-order valence-electron chi connectivity index (χ3n) is 5.53. The monoisotopic (exact) mass is 431 g/mol. The van der Waals surface area contributed by atoms with Gasteiger partial charge in [0.1, 0.15) is 11.3 Å². The Balaban J connectivity index is 1.56. The van der Waals surface area contributed by atoms with E-state index < -0.39 is 21.7 Å². The quantitative estimate of drug-likeness (QED) is 0.667. The number of oxazole rings is 1. The first-order valence-electron chi connectivity index (χ1n) is 9.76. The number of primary amides is 1. The average molecular weight is 431 g/mol. The van der Waals surface area contributed by atoms with Crippen molar-refractivity contribution in [2.24, 2.45) is 5.73 Å². The number of sulfonamides is 1. The lowest BCUT2D eigenvalue weighted by atomic mass is 9.98. The molecule has 0 aliphatic carbocycles. The van der Waals surface area contributed by atoms with Crippen LogP contribution in [0, 0.1) is 5.82 Å². The van der Waals surface area contributed by atoms with E-state index in [0.717, 1.165) is 5.56 Å². The highest BCUT2D eigenvalue weighted by Gasteiger charge is 2.29. The summed E-state index contributed by atoms with van der Waals surface area (Å²) >= 11 is 0. The van der Waals surface area contributed by atoms with Crippen LogP contribution in [0.15, 0.2) is 40.8 Å². The maximum Gasteiger partial charge on any atom is 0.251 e. The number of rotatable bonds is 5. The number of halogens is 1. The fraction of sp³-hybridized carbons (Fsp3) is 0.333. The second-order valence-corrected chi connectivity index (χ2v) is 9.62. The number of carbonyl (C=O) groups excluding carboxylic acids is 1. The Labute approximate surface area is 173 Å². The smallest absolute Gasteiger partial charge is 0.251 e. The van der Waals surface area contributed by atoms with Crippen molar-refractivity contribution in [3.63, 3.8) is 0 Å². The summed E-state index contributed by atoms with van der Waals surface area (Å²) in [5.74, 6) is -0.741. The molecule has 1 aliphatic heterocycles. The Bertz CT molecular complexity index is 1210. The van der Waals surface area contributed by atoms with Gasteiger partial charge >= 0.3 is 0 Å². The van der Waals surface area contributed by atoms with Gasteiger partial charge in [0.05, 0.1) is 11.3 Å². The first-order chi connectivity index (χ1) is 14.3. The van der Waals surface area contributed by atoms with E-state index in [1.807, 2.05) is 0 Å². The van der Waals surface area contributed by atoms with Gasteiger partial charge in [0.15, 0.2) is 11.5 Å². The molecule has 1 fully saturated rings. The van der Waals surface area contributed by atoms with E-state index in [-0.39, 0.29) is 17.2 Å². The molecule has 2 N–H and O–H groups in total. The summed E-state index contributed by atoms with van der Waals surface area (Å²) in [7, 11) is -3.18. The van der Waals surface area contributed by atoms with Crippen LogP contribution in [0.1, 0.15) is 41.9 Å². The number of nitrogens with zero attached hydrogens (tertiary/aromatic N) is 2. The Morgan fingerprint density at radius 3 is 2.50 bits per heavy atom. The molecule has 2 heterocycles. The summed E-state index contributed by atoms with van der Waals surface area (Å²) in [6.45, 7) is 2.56. The van der Waals surface area contributed by atoms with Gasteiger partial charge in [-0.3, -0.25) is 4.79 Å². The lowest BCUT2D eigenvalue weighted by Crippen LogP contribution is -2.38. The van der Waals surface area contributed by atoms with Crippen LogP contribution in [0.25, 0.3) is 22.2 Å². The lowest BCUT2D eigenvalue weighted by molar-refractivity contribution is 0.0996. The predicted octanol–water partition coefficient (Wildman–Crippen LogP) is 3.26. The standard InChI is InChI=1S/C21H22FN3O4S/c1-2-30(27,28)25-9-7-13(8-10-25)21-24-18-12-15(4-6-19(18)29-21)14-3-5-16(20(23)26)17(22)11-14/h3-6,11-13H,2,7-10H2,1H3,(H2,23,26). The molecule has 1 amide bonds. The molecule has 1 aliphatic rings. The van der Waals surface area contributed by atoms with Gasteiger partial charge in [-0.25, -0.2) is 22.1 Å². The molecule has 0 unspecified atom stereocenters. The van der Waals surface area contributed by atoms with Crippen molar-refractivity contribution in [1.82, 2.24) is 9.29 Å². The number of piperidine rings is 1. The molecule has 7 nitrogen and oxygen atoms in total. The summed E-state index contributed by atoms with van der Waals surface area (Å²) in [4.78, 5) is 15.8. The third kappa shape index (κ3) is 3.82. The van der Waals surface area contributed by atoms with Gasteiger partial charge in [-0.05, 0) is 55.2 Å². The number of hydrogen-bond acceptors (Lipinski definition) is 5. The third-order valence-corrected chi connectivity index (χ3v) is 7.41. The van der Waals surface area contributed by atoms with E-state index in [4.69, 9.17) is 10.2 Å². The van der Waals surface area contributed by atoms with Crippen LogP contribution in [-0.2, 0) is 10.0 Å². The molecule has 2 aromatic carbocycles. The van der Waals surface area contributed by atoms with Crippen LogP contribution in [0.5, 0.6) is 0 Å². The molecule has 0 atom stereocenters. The van der Waals surface area contributed by atoms with E-state index >= 15 is 0 Å². The van der Waals surface area contributed by atoms with E-state index in [1.54, 1.807) is 31.2 Å². The summed E-state index contributed by atoms with van der Waals surface area (Å²) in [6.07, 6.45) is 1.30. The van der Waals surface area contributed by atoms with Gasteiger partial charge < -0.3 is 10.2 Å². The number of carbonyl (C=O) groups is 1. The number of benzene rings is 2. The van der Waals surface area contributed by atoms with Crippen molar-refractivity contribution in [2.45, 2.75) is 25.7 Å². The zero-order chi connectivity index (χ0) is 21.5. The average Bonchev–Trinajstić information content (AvgIpc) is 3.17. The minimum atomic E-state index is -3.18. The second-order valence-electron chi connectivity index (χ2n) is 7.37. The summed E-state index contributed by atoms with van der Waals surface area (Å²) in [6, 6.07) is 9.65. The minimum Gasteiger partial charge on any atom is -0.440 e. The zero-order valence-corrected chi connectivity index (χ0v) is 17.3. The van der Waals surface area contributed by atoms with E-state index in [9.17, 15) is 17.6 Å². The zero-order valence-electron chi connectivity index (χ0n) is 16.5. The number of fused-ring (bicyclic) bond motifs is 1. The number of hydrogen-bond donors (Lipinski definition) is 1. The predicted molar refractivity (Wildman–Crippen MR) is 111 cm³/mol. The fourth-order valence-corrected chi connectivity index (χ4v) is 4.89. The van der Waals surface area contributed by atoms with Crippen LogP contribution in [-0.4, -0.2) is 42.5 Å². The molecule has 3 aromatic rings. The van der Waals surface area contributed by atoms with Crippen LogP contribution < -0.4 is 5.73 Å². The SMILES string of the molecule is CCS(=O)(=O)N1CCC(c2nc3cc(-c4ccc(C(N)=O)c(F)c4)ccc3o2)CC1. The Morgan fingerprint density at radius 1 is 1.20 bits per heavy atom. The molecule has 0 saturated carbocycles. The summed E-state index contributed by atoms with van der Waals surface area (Å²) < 4.78 is 45.6. The Morgan fingerprint density at radius 2 is 1.87 bits per heavy atom. The van der Waals surface area contributed by atoms with Gasteiger partial charge in [-0.2, -0.15) is 0 Å². The number of aromatic nitrogens is 1. The van der Waals surface area contributed by atoms with E-state index in [1.165, 1.54) is 16.4 Å². The minimum absolute atomic E-state index is 0.0523. The van der Waals surface area contributed by atoms with E-state index in [2.05, 4.69) is 4.98 Å². The van der Waals surface area contributed by atoms with Crippen molar-refractivity contribution in [3.8, 4) is 11.1 Å². The van der Waals surface area contributed by atoms with Gasteiger partial charge in [0.2, 0.25) is 10.0 Å². The van der Waals surface area contributed by atoms with Crippen molar-refractivity contribution in [1.29, 1.82) is 0 Å². The molecule has 30 heavy (non-hydrogen) atoms. The molecule has 0 bridgehead atoms. The maximum atomic E-state index is 14.1. The summed E-state index contributed by atoms with van der Waals surface area (Å²) in [5, 5.41) is 0. The molecular formula is C21H22FN3O4S. The van der Waals surface area contributed by atoms with Gasteiger partial charge in [0.25, 0.3) is 5.91 Å². The Kier molecular flexibility index (Phi) is 5.33. The first kappa shape index (κ1) is 20.5. The van der Waals surface area contributed by atoms with Gasteiger partial charge in [0, 0.05) is 19.0 Å². The largest absolute Gasteiger partial charge is 0.440 e. The first-order valence-corrected chi connectivity index (χ1v) is 11.4. The fourth-order valence-electron chi connectivity index (χ4n) is 3.76. The molecular weight excluding hydrogens is 409 g/mol. The molecule has 0 spiro atoms. The van der Waals surface area contributed by atoms with Gasteiger partial charge in [-0.15, -0.1) is 0 Å². The lowest BCUT2D eigenvalue weighted by Gasteiger charge is -2.29. The van der Waals surface area contributed by atoms with Crippen molar-refractivity contribution in [3.05, 3.63) is 53.7 Å². The highest BCUT2D eigenvalue weighted by molar-refractivity contribution is 7.89. The van der Waals surface area contributed by atoms with Crippen molar-refractivity contribution < 1.29 is 22.0 Å². The van der Waals surface area contributed by atoms with Crippen molar-refractivity contribution >= 4 is 27.0 Å². The molecule has 9 heteroatoms. The van der Waals surface area contributed by atoms with Crippen LogP contribution >= 0.6 is 0 Å². The molecule has 4 rings (SSSR count). The molecule has 1 saturated heterocycles. The van der Waals surface area contributed by atoms with Crippen LogP contribution in [0.3, 0.4) is 0 Å². The molecule has 158 valence electrons. The highest BCUT2D eigenvalue weighted by Crippen LogP contribution is 2.32. The number of amides is 1. The number of nitrogens with two attached hydrogens (primary N) is 1. The van der Waals surface area contributed by atoms with E-state index in [0.29, 0.717) is 48.5 Å². The molecule has 1 aromatic heterocycles. The van der Waals surface area contributed by atoms with Crippen LogP contribution in [0.4, 0.5) is 4.39 Å². The van der Waals surface area contributed by atoms with Crippen LogP contribution in [0.2, 0.25) is 0 Å².